The SMILES string of the molecule is CCCC(OOC(C)(C)CCC(C)(C)OOC(CCC)C(C)(C)C)C(C)(C)C. The van der Waals surface area contributed by atoms with Crippen molar-refractivity contribution in [1.29, 1.82) is 0 Å². The van der Waals surface area contributed by atoms with Crippen molar-refractivity contribution in [1.82, 2.24) is 0 Å². The molecule has 0 saturated heterocycles. The van der Waals surface area contributed by atoms with Crippen LogP contribution in [-0.4, -0.2) is 23.4 Å². The largest absolute Gasteiger partial charge is 0.232 e. The van der Waals surface area contributed by atoms with Crippen molar-refractivity contribution in [2.75, 3.05) is 0 Å². The summed E-state index contributed by atoms with van der Waals surface area (Å²) in [5, 5.41) is 0. The molecule has 0 radical (unpaired) electrons. The fourth-order valence-electron chi connectivity index (χ4n) is 2.84. The lowest BCUT2D eigenvalue weighted by atomic mass is 9.86. The maximum atomic E-state index is 5.89. The van der Waals surface area contributed by atoms with E-state index in [0.717, 1.165) is 38.5 Å². The summed E-state index contributed by atoms with van der Waals surface area (Å²) in [5.41, 5.74) is -0.650. The van der Waals surface area contributed by atoms with Gasteiger partial charge in [0.2, 0.25) is 0 Å². The van der Waals surface area contributed by atoms with Crippen LogP contribution in [0.4, 0.5) is 0 Å². The first-order valence-corrected chi connectivity index (χ1v) is 11.2. The summed E-state index contributed by atoms with van der Waals surface area (Å²) in [6.45, 7) is 25.8. The average molecular weight is 403 g/mol. The zero-order valence-electron chi connectivity index (χ0n) is 21.0. The lowest BCUT2D eigenvalue weighted by Crippen LogP contribution is -2.37. The molecule has 0 aromatic carbocycles. The van der Waals surface area contributed by atoms with Gasteiger partial charge < -0.3 is 0 Å². The van der Waals surface area contributed by atoms with Crippen molar-refractivity contribution < 1.29 is 19.6 Å². The molecular weight excluding hydrogens is 352 g/mol. The summed E-state index contributed by atoms with van der Waals surface area (Å²) in [6.07, 6.45) is 5.96. The fourth-order valence-corrected chi connectivity index (χ4v) is 2.84. The molecule has 4 heteroatoms. The minimum atomic E-state index is -0.384. The van der Waals surface area contributed by atoms with E-state index in [2.05, 4.69) is 83.1 Å². The molecule has 0 aliphatic carbocycles. The van der Waals surface area contributed by atoms with Crippen molar-refractivity contribution in [3.63, 3.8) is 0 Å². The average Bonchev–Trinajstić information content (AvgIpc) is 2.51. The van der Waals surface area contributed by atoms with Gasteiger partial charge in [-0.3, -0.25) is 0 Å². The van der Waals surface area contributed by atoms with Crippen molar-refractivity contribution in [3.05, 3.63) is 0 Å². The number of rotatable bonds is 13. The Labute approximate surface area is 175 Å². The second-order valence-electron chi connectivity index (χ2n) is 11.7. The highest BCUT2D eigenvalue weighted by atomic mass is 17.2. The first-order valence-electron chi connectivity index (χ1n) is 11.2. The monoisotopic (exact) mass is 402 g/mol. The van der Waals surface area contributed by atoms with Crippen LogP contribution in [0.1, 0.15) is 122 Å². The lowest BCUT2D eigenvalue weighted by Gasteiger charge is -2.36. The van der Waals surface area contributed by atoms with Crippen LogP contribution in [0.15, 0.2) is 0 Å². The molecule has 0 aromatic rings. The molecule has 0 spiro atoms. The van der Waals surface area contributed by atoms with E-state index in [1.165, 1.54) is 0 Å². The fraction of sp³-hybridized carbons (Fsp3) is 1.00. The molecule has 2 unspecified atom stereocenters. The van der Waals surface area contributed by atoms with Crippen molar-refractivity contribution in [3.8, 4) is 0 Å². The topological polar surface area (TPSA) is 36.9 Å². The molecule has 0 N–H and O–H groups in total. The Morgan fingerprint density at radius 1 is 0.536 bits per heavy atom. The van der Waals surface area contributed by atoms with Crippen LogP contribution in [0, 0.1) is 10.8 Å². The van der Waals surface area contributed by atoms with E-state index in [9.17, 15) is 0 Å². The molecule has 2 atom stereocenters. The Morgan fingerprint density at radius 2 is 0.821 bits per heavy atom. The minimum Gasteiger partial charge on any atom is -0.232 e. The summed E-state index contributed by atoms with van der Waals surface area (Å²) in [7, 11) is 0. The van der Waals surface area contributed by atoms with E-state index < -0.39 is 0 Å². The number of hydrogen-bond donors (Lipinski definition) is 0. The zero-order chi connectivity index (χ0) is 22.2. The van der Waals surface area contributed by atoms with Crippen LogP contribution in [0.5, 0.6) is 0 Å². The quantitative estimate of drug-likeness (QED) is 0.234. The van der Waals surface area contributed by atoms with Gasteiger partial charge in [-0.05, 0) is 64.2 Å². The van der Waals surface area contributed by atoms with Crippen molar-refractivity contribution in [2.45, 2.75) is 145 Å². The van der Waals surface area contributed by atoms with Crippen molar-refractivity contribution >= 4 is 0 Å². The maximum absolute atomic E-state index is 5.89. The minimum absolute atomic E-state index is 0.0591. The summed E-state index contributed by atoms with van der Waals surface area (Å²) in [4.78, 5) is 23.5. The van der Waals surface area contributed by atoms with Crippen LogP contribution in [0.25, 0.3) is 0 Å². The second kappa shape index (κ2) is 11.3. The van der Waals surface area contributed by atoms with E-state index >= 15 is 0 Å². The molecule has 0 amide bonds. The van der Waals surface area contributed by atoms with Gasteiger partial charge in [-0.15, -0.1) is 0 Å². The third kappa shape index (κ3) is 11.7. The lowest BCUT2D eigenvalue weighted by molar-refractivity contribution is -0.403. The van der Waals surface area contributed by atoms with E-state index in [-0.39, 0.29) is 34.2 Å². The van der Waals surface area contributed by atoms with Gasteiger partial charge in [0.05, 0.1) is 23.4 Å². The summed E-state index contributed by atoms with van der Waals surface area (Å²) >= 11 is 0. The van der Waals surface area contributed by atoms with Gasteiger partial charge in [-0.25, -0.2) is 19.6 Å². The Morgan fingerprint density at radius 3 is 1.04 bits per heavy atom. The molecule has 170 valence electrons. The summed E-state index contributed by atoms with van der Waals surface area (Å²) in [6, 6.07) is 0. The summed E-state index contributed by atoms with van der Waals surface area (Å²) < 4.78 is 0. The van der Waals surface area contributed by atoms with E-state index in [0.29, 0.717) is 0 Å². The smallest absolute Gasteiger partial charge is 0.0981 e. The maximum Gasteiger partial charge on any atom is 0.0981 e. The van der Waals surface area contributed by atoms with Gasteiger partial charge in [0.1, 0.15) is 0 Å². The first-order chi connectivity index (χ1) is 12.5. The van der Waals surface area contributed by atoms with Gasteiger partial charge in [-0.1, -0.05) is 68.2 Å². The molecule has 0 aliphatic heterocycles. The molecule has 0 bridgehead atoms. The Bertz CT molecular complexity index is 375. The standard InChI is InChI=1S/C24H50O4/c1-13-15-19(21(3,4)5)25-27-23(9,10)17-18-24(11,12)28-26-20(16-14-2)22(6,7)8/h19-20H,13-18H2,1-12H3. The number of hydrogen-bond acceptors (Lipinski definition) is 4. The Kier molecular flexibility index (Phi) is 11.2. The molecule has 0 aromatic heterocycles. The second-order valence-corrected chi connectivity index (χ2v) is 11.7. The predicted octanol–water partition coefficient (Wildman–Crippen LogP) is 7.65. The Balaban J connectivity index is 4.64. The first kappa shape index (κ1) is 27.8. The van der Waals surface area contributed by atoms with Gasteiger partial charge >= 0.3 is 0 Å². The zero-order valence-corrected chi connectivity index (χ0v) is 21.0. The van der Waals surface area contributed by atoms with Gasteiger partial charge in [-0.2, -0.15) is 0 Å². The van der Waals surface area contributed by atoms with E-state index in [1.807, 2.05) is 0 Å². The highest BCUT2D eigenvalue weighted by Crippen LogP contribution is 2.32. The molecule has 28 heavy (non-hydrogen) atoms. The molecule has 0 aliphatic rings. The summed E-state index contributed by atoms with van der Waals surface area (Å²) in [5.74, 6) is 0. The predicted molar refractivity (Wildman–Crippen MR) is 118 cm³/mol. The van der Waals surface area contributed by atoms with Crippen molar-refractivity contribution in [2.24, 2.45) is 10.8 Å². The molecule has 0 fully saturated rings. The van der Waals surface area contributed by atoms with Crippen LogP contribution in [0.3, 0.4) is 0 Å². The third-order valence-corrected chi connectivity index (χ3v) is 5.14. The van der Waals surface area contributed by atoms with E-state index in [4.69, 9.17) is 19.6 Å². The molecule has 0 rings (SSSR count). The molecule has 4 nitrogen and oxygen atoms in total. The van der Waals surface area contributed by atoms with Gasteiger partial charge in [0, 0.05) is 0 Å². The highest BCUT2D eigenvalue weighted by molar-refractivity contribution is 4.78. The molecule has 0 saturated carbocycles. The highest BCUT2D eigenvalue weighted by Gasteiger charge is 2.33. The Hall–Kier alpha value is -0.160. The molecule has 0 heterocycles. The van der Waals surface area contributed by atoms with Crippen LogP contribution < -0.4 is 0 Å². The van der Waals surface area contributed by atoms with Crippen LogP contribution in [-0.2, 0) is 19.6 Å². The van der Waals surface area contributed by atoms with Crippen LogP contribution >= 0.6 is 0 Å². The van der Waals surface area contributed by atoms with Gasteiger partial charge in [0.15, 0.2) is 0 Å². The van der Waals surface area contributed by atoms with Gasteiger partial charge in [0.25, 0.3) is 0 Å². The third-order valence-electron chi connectivity index (χ3n) is 5.14. The van der Waals surface area contributed by atoms with Crippen LogP contribution in [0.2, 0.25) is 0 Å². The van der Waals surface area contributed by atoms with E-state index in [1.54, 1.807) is 0 Å². The normalized spacial score (nSPS) is 16.3. The molecular formula is C24H50O4.